The zero-order chi connectivity index (χ0) is 12.0. The van der Waals surface area contributed by atoms with Gasteiger partial charge in [0.2, 0.25) is 5.96 Å². The van der Waals surface area contributed by atoms with E-state index in [9.17, 15) is 0 Å². The lowest BCUT2D eigenvalue weighted by atomic mass is 10.2. The lowest BCUT2D eigenvalue weighted by Crippen LogP contribution is -2.53. The molecule has 0 amide bonds. The molecule has 1 rings (SSSR count). The van der Waals surface area contributed by atoms with Gasteiger partial charge in [0.1, 0.15) is 0 Å². The van der Waals surface area contributed by atoms with Gasteiger partial charge < -0.3 is 14.7 Å². The maximum Gasteiger partial charge on any atom is 0.208 e. The van der Waals surface area contributed by atoms with E-state index in [1.807, 2.05) is 4.90 Å². The van der Waals surface area contributed by atoms with Crippen molar-refractivity contribution < 1.29 is 9.84 Å². The number of rotatable bonds is 3. The first-order valence-electron chi connectivity index (χ1n) is 5.65. The van der Waals surface area contributed by atoms with Crippen LogP contribution in [0.3, 0.4) is 0 Å². The molecule has 1 atom stereocenters. The van der Waals surface area contributed by atoms with Crippen molar-refractivity contribution in [3.05, 3.63) is 0 Å². The van der Waals surface area contributed by atoms with Crippen LogP contribution in [-0.4, -0.2) is 54.9 Å². The predicted molar refractivity (Wildman–Crippen MR) is 62.9 cm³/mol. The highest BCUT2D eigenvalue weighted by Crippen LogP contribution is 2.05. The predicted octanol–water partition coefficient (Wildman–Crippen LogP) is -0.845. The summed E-state index contributed by atoms with van der Waals surface area (Å²) < 4.78 is 5.36. The van der Waals surface area contributed by atoms with E-state index in [0.717, 1.165) is 13.1 Å². The van der Waals surface area contributed by atoms with Crippen molar-refractivity contribution in [2.75, 3.05) is 32.8 Å². The molecule has 6 nitrogen and oxygen atoms in total. The number of guanidine groups is 1. The highest BCUT2D eigenvalue weighted by atomic mass is 16.5. The topological polar surface area (TPSA) is 83.1 Å². The first kappa shape index (κ1) is 13.2. The molecule has 1 unspecified atom stereocenters. The molecule has 0 spiro atoms. The van der Waals surface area contributed by atoms with E-state index in [0.29, 0.717) is 25.0 Å². The van der Waals surface area contributed by atoms with E-state index in [2.05, 4.69) is 24.3 Å². The average molecular weight is 230 g/mol. The number of nitrogens with one attached hydrogen (secondary N) is 1. The monoisotopic (exact) mass is 230 g/mol. The SMILES string of the molecule is CC(C)CN=C(NN)N1CCOC(CO)C1. The van der Waals surface area contributed by atoms with E-state index >= 15 is 0 Å². The maximum absolute atomic E-state index is 9.04. The third-order valence-electron chi connectivity index (χ3n) is 2.38. The van der Waals surface area contributed by atoms with Gasteiger partial charge in [0.25, 0.3) is 0 Å². The van der Waals surface area contributed by atoms with Crippen LogP contribution < -0.4 is 11.3 Å². The Bertz CT molecular complexity index is 233. The lowest BCUT2D eigenvalue weighted by molar-refractivity contribution is -0.0349. The summed E-state index contributed by atoms with van der Waals surface area (Å²) in [6.45, 7) is 6.93. The molecule has 0 aromatic rings. The number of nitrogens with zero attached hydrogens (tertiary/aromatic N) is 2. The molecule has 0 radical (unpaired) electrons. The molecule has 94 valence electrons. The van der Waals surface area contributed by atoms with Crippen LogP contribution in [0.1, 0.15) is 13.8 Å². The standard InChI is InChI=1S/C10H22N4O2/c1-8(2)5-12-10(13-11)14-3-4-16-9(6-14)7-15/h8-9,15H,3-7,11H2,1-2H3,(H,12,13). The van der Waals surface area contributed by atoms with Crippen molar-refractivity contribution >= 4 is 5.96 Å². The maximum atomic E-state index is 9.04. The molecule has 1 heterocycles. The summed E-state index contributed by atoms with van der Waals surface area (Å²) >= 11 is 0. The van der Waals surface area contributed by atoms with Crippen LogP contribution in [0.2, 0.25) is 0 Å². The molecule has 16 heavy (non-hydrogen) atoms. The Hall–Kier alpha value is -0.850. The molecule has 0 bridgehead atoms. The molecule has 4 N–H and O–H groups in total. The van der Waals surface area contributed by atoms with E-state index in [-0.39, 0.29) is 12.7 Å². The lowest BCUT2D eigenvalue weighted by Gasteiger charge is -2.33. The number of aliphatic hydroxyl groups excluding tert-OH is 1. The number of hydrogen-bond donors (Lipinski definition) is 3. The Balaban J connectivity index is 2.54. The summed E-state index contributed by atoms with van der Waals surface area (Å²) in [6.07, 6.45) is -0.147. The minimum absolute atomic E-state index is 0.0263. The Labute approximate surface area is 96.4 Å². The normalized spacial score (nSPS) is 22.7. The van der Waals surface area contributed by atoms with E-state index < -0.39 is 0 Å². The van der Waals surface area contributed by atoms with Gasteiger partial charge in [0.15, 0.2) is 0 Å². The van der Waals surface area contributed by atoms with Crippen LogP contribution >= 0.6 is 0 Å². The number of aliphatic imine (C=N–C) groups is 1. The smallest absolute Gasteiger partial charge is 0.208 e. The van der Waals surface area contributed by atoms with Gasteiger partial charge in [-0.2, -0.15) is 0 Å². The fraction of sp³-hybridized carbons (Fsp3) is 0.900. The number of hydrogen-bond acceptors (Lipinski definition) is 4. The number of morpholine rings is 1. The average Bonchev–Trinajstić information content (AvgIpc) is 2.30. The molecule has 0 saturated carbocycles. The number of aliphatic hydroxyl groups is 1. The van der Waals surface area contributed by atoms with Crippen LogP contribution in [0.4, 0.5) is 0 Å². The second kappa shape index (κ2) is 6.67. The minimum atomic E-state index is -0.147. The zero-order valence-corrected chi connectivity index (χ0v) is 10.0. The van der Waals surface area contributed by atoms with Crippen molar-refractivity contribution in [1.82, 2.24) is 10.3 Å². The van der Waals surface area contributed by atoms with Gasteiger partial charge in [-0.1, -0.05) is 13.8 Å². The van der Waals surface area contributed by atoms with Crippen LogP contribution in [0.25, 0.3) is 0 Å². The third-order valence-corrected chi connectivity index (χ3v) is 2.38. The molecule has 1 aliphatic heterocycles. The van der Waals surface area contributed by atoms with E-state index in [4.69, 9.17) is 15.7 Å². The van der Waals surface area contributed by atoms with E-state index in [1.54, 1.807) is 0 Å². The van der Waals surface area contributed by atoms with Crippen molar-refractivity contribution in [3.63, 3.8) is 0 Å². The minimum Gasteiger partial charge on any atom is -0.394 e. The summed E-state index contributed by atoms with van der Waals surface area (Å²) in [5.41, 5.74) is 2.61. The number of ether oxygens (including phenoxy) is 1. The Morgan fingerprint density at radius 3 is 3.00 bits per heavy atom. The van der Waals surface area contributed by atoms with Gasteiger partial charge in [-0.05, 0) is 5.92 Å². The highest BCUT2D eigenvalue weighted by Gasteiger charge is 2.21. The summed E-state index contributed by atoms with van der Waals surface area (Å²) in [6, 6.07) is 0. The van der Waals surface area contributed by atoms with Gasteiger partial charge in [-0.25, -0.2) is 5.84 Å². The van der Waals surface area contributed by atoms with Crippen molar-refractivity contribution in [2.45, 2.75) is 20.0 Å². The molecule has 1 saturated heterocycles. The molecule has 1 fully saturated rings. The number of hydrazine groups is 1. The van der Waals surface area contributed by atoms with Crippen LogP contribution in [0, 0.1) is 5.92 Å². The van der Waals surface area contributed by atoms with Gasteiger partial charge in [-0.15, -0.1) is 0 Å². The summed E-state index contributed by atoms with van der Waals surface area (Å²) in [4.78, 5) is 6.41. The van der Waals surface area contributed by atoms with Gasteiger partial charge in [0.05, 0.1) is 19.3 Å². The fourth-order valence-electron chi connectivity index (χ4n) is 1.53. The summed E-state index contributed by atoms with van der Waals surface area (Å²) in [7, 11) is 0. The number of nitrogens with two attached hydrogens (primary N) is 1. The van der Waals surface area contributed by atoms with E-state index in [1.165, 1.54) is 0 Å². The first-order valence-corrected chi connectivity index (χ1v) is 5.65. The quantitative estimate of drug-likeness (QED) is 0.255. The molecular formula is C10H22N4O2. The van der Waals surface area contributed by atoms with Crippen LogP contribution in [0.15, 0.2) is 4.99 Å². The molecule has 0 aromatic carbocycles. The summed E-state index contributed by atoms with van der Waals surface area (Å²) in [5.74, 6) is 6.63. The molecule has 0 aromatic heterocycles. The van der Waals surface area contributed by atoms with Gasteiger partial charge in [-0.3, -0.25) is 10.4 Å². The van der Waals surface area contributed by atoms with Gasteiger partial charge in [0, 0.05) is 19.6 Å². The molecule has 6 heteroatoms. The Morgan fingerprint density at radius 1 is 1.69 bits per heavy atom. The zero-order valence-electron chi connectivity index (χ0n) is 10.0. The first-order chi connectivity index (χ1) is 7.67. The Morgan fingerprint density at radius 2 is 2.44 bits per heavy atom. The highest BCUT2D eigenvalue weighted by molar-refractivity contribution is 5.79. The molecular weight excluding hydrogens is 208 g/mol. The second-order valence-electron chi connectivity index (χ2n) is 4.32. The molecule has 0 aliphatic carbocycles. The van der Waals surface area contributed by atoms with Crippen molar-refractivity contribution in [1.29, 1.82) is 0 Å². The summed E-state index contributed by atoms with van der Waals surface area (Å²) in [5, 5.41) is 9.04. The van der Waals surface area contributed by atoms with Crippen molar-refractivity contribution in [3.8, 4) is 0 Å². The van der Waals surface area contributed by atoms with Crippen LogP contribution in [0.5, 0.6) is 0 Å². The second-order valence-corrected chi connectivity index (χ2v) is 4.32. The Kier molecular flexibility index (Phi) is 5.51. The van der Waals surface area contributed by atoms with Crippen molar-refractivity contribution in [2.24, 2.45) is 16.8 Å². The fourth-order valence-corrected chi connectivity index (χ4v) is 1.53. The van der Waals surface area contributed by atoms with Gasteiger partial charge >= 0.3 is 0 Å². The third kappa shape index (κ3) is 3.96. The largest absolute Gasteiger partial charge is 0.394 e. The molecule has 1 aliphatic rings. The van der Waals surface area contributed by atoms with Crippen LogP contribution in [-0.2, 0) is 4.74 Å².